The fourth-order valence-electron chi connectivity index (χ4n) is 6.37. The van der Waals surface area contributed by atoms with Gasteiger partial charge in [-0.05, 0) is 48.2 Å². The summed E-state index contributed by atoms with van der Waals surface area (Å²) in [4.78, 5) is 45.0. The Balaban J connectivity index is 1.48. The van der Waals surface area contributed by atoms with Gasteiger partial charge in [-0.1, -0.05) is 25.5 Å². The van der Waals surface area contributed by atoms with E-state index in [1.807, 2.05) is 29.2 Å². The quantitative estimate of drug-likeness (QED) is 0.389. The summed E-state index contributed by atoms with van der Waals surface area (Å²) in [6.07, 6.45) is 2.93. The molecule has 11 heteroatoms. The summed E-state index contributed by atoms with van der Waals surface area (Å²) in [6, 6.07) is 10.7. The third-order valence-electron chi connectivity index (χ3n) is 8.55. The lowest BCUT2D eigenvalue weighted by Crippen LogP contribution is -2.49. The average Bonchev–Trinajstić information content (AvgIpc) is 3.72. The van der Waals surface area contributed by atoms with Crippen LogP contribution in [0.2, 0.25) is 0 Å². The number of hydrogen-bond donors (Lipinski definition) is 2. The molecule has 3 heterocycles. The van der Waals surface area contributed by atoms with Crippen LogP contribution in [0.3, 0.4) is 0 Å². The van der Waals surface area contributed by atoms with Crippen LogP contribution in [0, 0.1) is 5.92 Å². The van der Waals surface area contributed by atoms with Gasteiger partial charge in [-0.2, -0.15) is 0 Å². The molecule has 3 unspecified atom stereocenters. The molecule has 0 spiro atoms. The van der Waals surface area contributed by atoms with Crippen LogP contribution < -0.4 is 24.8 Å². The zero-order chi connectivity index (χ0) is 29.8. The smallest absolute Gasteiger partial charge is 0.308 e. The maximum Gasteiger partial charge on any atom is 0.308 e. The minimum Gasteiger partial charge on any atom is -0.493 e. The highest BCUT2D eigenvalue weighted by atomic mass is 16.7. The van der Waals surface area contributed by atoms with Crippen molar-refractivity contribution in [2.75, 3.05) is 51.5 Å². The highest BCUT2D eigenvalue weighted by Crippen LogP contribution is 2.47. The lowest BCUT2D eigenvalue weighted by atomic mass is 9.84. The minimum absolute atomic E-state index is 0.0155. The van der Waals surface area contributed by atoms with Gasteiger partial charge >= 0.3 is 5.97 Å². The zero-order valence-electron chi connectivity index (χ0n) is 24.3. The van der Waals surface area contributed by atoms with Crippen molar-refractivity contribution in [2.45, 2.75) is 51.1 Å². The van der Waals surface area contributed by atoms with Gasteiger partial charge in [-0.15, -0.1) is 0 Å². The normalized spacial score (nSPS) is 21.6. The molecule has 226 valence electrons. The Bertz CT molecular complexity index is 1320. The fourth-order valence-corrected chi connectivity index (χ4v) is 6.37. The number of amides is 2. The van der Waals surface area contributed by atoms with Gasteiger partial charge in [0.25, 0.3) is 0 Å². The van der Waals surface area contributed by atoms with E-state index in [0.717, 1.165) is 36.1 Å². The van der Waals surface area contributed by atoms with Crippen LogP contribution in [-0.2, 0) is 20.9 Å². The molecule has 0 aliphatic carbocycles. The van der Waals surface area contributed by atoms with Crippen molar-refractivity contribution in [1.29, 1.82) is 0 Å². The molecule has 0 aromatic heterocycles. The fraction of sp³-hybridized carbons (Fsp3) is 0.516. The Hall–Kier alpha value is -3.83. The molecule has 0 radical (unpaired) electrons. The van der Waals surface area contributed by atoms with Gasteiger partial charge in [0.05, 0.1) is 19.6 Å². The van der Waals surface area contributed by atoms with Crippen LogP contribution in [0.15, 0.2) is 36.4 Å². The van der Waals surface area contributed by atoms with E-state index >= 15 is 0 Å². The number of aliphatic carboxylic acids is 1. The predicted octanol–water partition coefficient (Wildman–Crippen LogP) is 2.81. The molecule has 3 atom stereocenters. The number of fused-ring (bicyclic) bond motifs is 1. The molecule has 0 saturated carbocycles. The van der Waals surface area contributed by atoms with Crippen LogP contribution in [0.5, 0.6) is 17.2 Å². The van der Waals surface area contributed by atoms with Crippen LogP contribution >= 0.6 is 0 Å². The van der Waals surface area contributed by atoms with Gasteiger partial charge in [-0.25, -0.2) is 0 Å². The Morgan fingerprint density at radius 2 is 2.05 bits per heavy atom. The Kier molecular flexibility index (Phi) is 9.18. The van der Waals surface area contributed by atoms with E-state index in [0.29, 0.717) is 49.8 Å². The van der Waals surface area contributed by atoms with Crippen LogP contribution in [0.25, 0.3) is 0 Å². The molecule has 2 aromatic rings. The number of rotatable bonds is 12. The number of methoxy groups -OCH3 is 1. The number of unbranched alkanes of at least 4 members (excludes halogenated alkanes) is 1. The zero-order valence-corrected chi connectivity index (χ0v) is 24.3. The molecule has 2 aromatic carbocycles. The molecule has 2 fully saturated rings. The summed E-state index contributed by atoms with van der Waals surface area (Å²) in [5.41, 5.74) is 8.31. The van der Waals surface area contributed by atoms with Crippen molar-refractivity contribution < 1.29 is 33.7 Å². The highest BCUT2D eigenvalue weighted by Gasteiger charge is 2.49. The van der Waals surface area contributed by atoms with Crippen molar-refractivity contribution in [1.82, 2.24) is 9.80 Å². The van der Waals surface area contributed by atoms with Gasteiger partial charge < -0.3 is 34.9 Å². The molecule has 3 N–H and O–H groups in total. The SMILES string of the molecule is CCCCN(C(=O)CN1CC(c2cc(OC)c3c(c2)OCO3)C(C(=O)O)C1CN1CCCC1=O)c1cccc(CN)c1. The topological polar surface area (TPSA) is 135 Å². The summed E-state index contributed by atoms with van der Waals surface area (Å²) in [5, 5.41) is 10.6. The largest absolute Gasteiger partial charge is 0.493 e. The third-order valence-corrected chi connectivity index (χ3v) is 8.55. The number of hydrogen-bond acceptors (Lipinski definition) is 8. The summed E-state index contributed by atoms with van der Waals surface area (Å²) in [6.45, 7) is 4.21. The maximum absolute atomic E-state index is 14.0. The molecular formula is C31H40N4O7. The molecule has 3 aliphatic heterocycles. The number of ether oxygens (including phenoxy) is 3. The summed E-state index contributed by atoms with van der Waals surface area (Å²) < 4.78 is 16.7. The summed E-state index contributed by atoms with van der Waals surface area (Å²) in [5.74, 6) is -0.946. The van der Waals surface area contributed by atoms with Crippen molar-refractivity contribution in [3.63, 3.8) is 0 Å². The number of anilines is 1. The van der Waals surface area contributed by atoms with Crippen molar-refractivity contribution in [2.24, 2.45) is 11.7 Å². The van der Waals surface area contributed by atoms with E-state index in [-0.39, 0.29) is 31.7 Å². The van der Waals surface area contributed by atoms with Gasteiger partial charge in [0.2, 0.25) is 24.4 Å². The van der Waals surface area contributed by atoms with Crippen molar-refractivity contribution >= 4 is 23.5 Å². The van der Waals surface area contributed by atoms with Crippen LogP contribution in [0.1, 0.15) is 49.7 Å². The lowest BCUT2D eigenvalue weighted by Gasteiger charge is -2.32. The molecule has 3 aliphatic rings. The van der Waals surface area contributed by atoms with E-state index in [2.05, 4.69) is 6.92 Å². The van der Waals surface area contributed by atoms with Crippen molar-refractivity contribution in [3.05, 3.63) is 47.5 Å². The minimum atomic E-state index is -0.971. The Morgan fingerprint density at radius 1 is 1.21 bits per heavy atom. The number of carboxylic acid groups (broad SMARTS) is 1. The molecule has 42 heavy (non-hydrogen) atoms. The third kappa shape index (κ3) is 6.03. The van der Waals surface area contributed by atoms with Crippen LogP contribution in [-0.4, -0.2) is 85.4 Å². The van der Waals surface area contributed by atoms with Gasteiger partial charge in [-0.3, -0.25) is 19.3 Å². The summed E-state index contributed by atoms with van der Waals surface area (Å²) >= 11 is 0. The second-order valence-electron chi connectivity index (χ2n) is 11.1. The number of carboxylic acids is 1. The number of carbonyl (C=O) groups excluding carboxylic acids is 2. The van der Waals surface area contributed by atoms with Crippen molar-refractivity contribution in [3.8, 4) is 17.2 Å². The standard InChI is InChI=1S/C31H40N4O7/c1-3-4-11-35(22-8-5-7-20(12-22)15-32)28(37)18-34-16-23(21-13-25(40-2)30-26(14-21)41-19-42-30)29(31(38)39)24(34)17-33-10-6-9-27(33)36/h5,7-8,12-14,23-24,29H,3-4,6,9-11,15-19,32H2,1-2H3,(H,38,39). The first-order chi connectivity index (χ1) is 20.3. The monoisotopic (exact) mass is 580 g/mol. The van der Waals surface area contributed by atoms with Gasteiger partial charge in [0.15, 0.2) is 11.5 Å². The second kappa shape index (κ2) is 13.0. The maximum atomic E-state index is 14.0. The van der Waals surface area contributed by atoms with E-state index in [1.165, 1.54) is 7.11 Å². The average molecular weight is 581 g/mol. The number of carbonyl (C=O) groups is 3. The first-order valence-electron chi connectivity index (χ1n) is 14.7. The number of nitrogens with two attached hydrogens (primary N) is 1. The van der Waals surface area contributed by atoms with E-state index in [4.69, 9.17) is 19.9 Å². The molecule has 5 rings (SSSR count). The van der Waals surface area contributed by atoms with Crippen LogP contribution in [0.4, 0.5) is 5.69 Å². The second-order valence-corrected chi connectivity index (χ2v) is 11.1. The van der Waals surface area contributed by atoms with E-state index in [1.54, 1.807) is 21.9 Å². The number of benzene rings is 2. The molecule has 0 bridgehead atoms. The highest BCUT2D eigenvalue weighted by molar-refractivity contribution is 5.95. The molecule has 11 nitrogen and oxygen atoms in total. The number of likely N-dealkylation sites (tertiary alicyclic amines) is 2. The van der Waals surface area contributed by atoms with Gasteiger partial charge in [0, 0.05) is 56.8 Å². The molecule has 2 saturated heterocycles. The predicted molar refractivity (Wildman–Crippen MR) is 156 cm³/mol. The Labute approximate surface area is 246 Å². The van der Waals surface area contributed by atoms with E-state index < -0.39 is 23.8 Å². The first kappa shape index (κ1) is 29.7. The van der Waals surface area contributed by atoms with Gasteiger partial charge in [0.1, 0.15) is 0 Å². The van der Waals surface area contributed by atoms with E-state index in [9.17, 15) is 19.5 Å². The lowest BCUT2D eigenvalue weighted by molar-refractivity contribution is -0.144. The molecule has 2 amide bonds. The number of nitrogens with zero attached hydrogens (tertiary/aromatic N) is 3. The first-order valence-corrected chi connectivity index (χ1v) is 14.7. The summed E-state index contributed by atoms with van der Waals surface area (Å²) in [7, 11) is 1.53. The Morgan fingerprint density at radius 3 is 2.74 bits per heavy atom. The molecular weight excluding hydrogens is 540 g/mol.